The van der Waals surface area contributed by atoms with E-state index >= 15 is 0 Å². The smallest absolute Gasteiger partial charge is 0.335 e. The molecular formula is C29H22ClN3O4. The van der Waals surface area contributed by atoms with Gasteiger partial charge in [0, 0.05) is 21.7 Å². The summed E-state index contributed by atoms with van der Waals surface area (Å²) in [7, 11) is 0. The van der Waals surface area contributed by atoms with Crippen LogP contribution in [0.2, 0.25) is 5.02 Å². The highest BCUT2D eigenvalue weighted by Gasteiger charge is 2.19. The first-order chi connectivity index (χ1) is 17.7. The van der Waals surface area contributed by atoms with Crippen LogP contribution in [-0.4, -0.2) is 25.9 Å². The highest BCUT2D eigenvalue weighted by Crippen LogP contribution is 2.44. The number of aromatic hydroxyl groups is 2. The second-order valence-electron chi connectivity index (χ2n) is 8.77. The van der Waals surface area contributed by atoms with Crippen molar-refractivity contribution in [2.45, 2.75) is 13.8 Å². The Balaban J connectivity index is 1.63. The van der Waals surface area contributed by atoms with E-state index in [1.54, 1.807) is 53.1 Å². The second-order valence-corrected chi connectivity index (χ2v) is 9.21. The molecule has 5 aromatic rings. The molecule has 37 heavy (non-hydrogen) atoms. The molecule has 0 aliphatic heterocycles. The molecule has 0 spiro atoms. The van der Waals surface area contributed by atoms with Crippen LogP contribution in [-0.2, 0) is 0 Å². The van der Waals surface area contributed by atoms with Crippen molar-refractivity contribution in [1.82, 2.24) is 4.57 Å². The molecule has 5 rings (SSSR count). The lowest BCUT2D eigenvalue weighted by Crippen LogP contribution is -1.95. The van der Waals surface area contributed by atoms with Gasteiger partial charge in [0.1, 0.15) is 5.69 Å². The van der Waals surface area contributed by atoms with Crippen LogP contribution in [0.1, 0.15) is 21.5 Å². The first-order valence-corrected chi connectivity index (χ1v) is 11.8. The van der Waals surface area contributed by atoms with E-state index in [-0.39, 0.29) is 28.6 Å². The molecule has 0 aliphatic rings. The van der Waals surface area contributed by atoms with Gasteiger partial charge in [-0.3, -0.25) is 4.57 Å². The van der Waals surface area contributed by atoms with E-state index in [0.717, 1.165) is 16.8 Å². The lowest BCUT2D eigenvalue weighted by molar-refractivity contribution is 0.0697. The summed E-state index contributed by atoms with van der Waals surface area (Å²) in [5.41, 5.74) is 4.92. The van der Waals surface area contributed by atoms with Crippen LogP contribution in [0.4, 0.5) is 11.4 Å². The average molecular weight is 512 g/mol. The summed E-state index contributed by atoms with van der Waals surface area (Å²) in [6.07, 6.45) is 0. The van der Waals surface area contributed by atoms with Crippen molar-refractivity contribution in [3.05, 3.63) is 101 Å². The Kier molecular flexibility index (Phi) is 6.15. The van der Waals surface area contributed by atoms with Gasteiger partial charge in [-0.15, -0.1) is 10.2 Å². The maximum absolute atomic E-state index is 11.4. The summed E-state index contributed by atoms with van der Waals surface area (Å²) in [6.45, 7) is 3.96. The fourth-order valence-corrected chi connectivity index (χ4v) is 4.61. The maximum Gasteiger partial charge on any atom is 0.335 e. The number of hydrogen-bond acceptors (Lipinski definition) is 5. The average Bonchev–Trinajstić information content (AvgIpc) is 3.13. The third-order valence-electron chi connectivity index (χ3n) is 6.04. The van der Waals surface area contributed by atoms with E-state index in [1.165, 1.54) is 12.1 Å². The summed E-state index contributed by atoms with van der Waals surface area (Å²) in [4.78, 5) is 11.4. The third-order valence-corrected chi connectivity index (χ3v) is 6.27. The molecule has 0 atom stereocenters. The van der Waals surface area contributed by atoms with Gasteiger partial charge in [0.15, 0.2) is 11.4 Å². The summed E-state index contributed by atoms with van der Waals surface area (Å²) in [5.74, 6) is -1.34. The Morgan fingerprint density at radius 2 is 1.59 bits per heavy atom. The SMILES string of the molecule is Cc1cc(C)cc(-n2c(O)c(N=Nc3cccc(-c4cccc(C(=O)O)c4)c3O)c3ccc(Cl)cc32)c1. The number of halogens is 1. The molecule has 0 radical (unpaired) electrons. The van der Waals surface area contributed by atoms with Gasteiger partial charge in [-0.2, -0.15) is 0 Å². The summed E-state index contributed by atoms with van der Waals surface area (Å²) in [5, 5.41) is 41.2. The fraction of sp³-hybridized carbons (Fsp3) is 0.0690. The number of aryl methyl sites for hydroxylation is 2. The monoisotopic (exact) mass is 511 g/mol. The number of carboxylic acid groups (broad SMARTS) is 1. The van der Waals surface area contributed by atoms with Gasteiger partial charge in [-0.05, 0) is 79.1 Å². The normalized spacial score (nSPS) is 11.4. The number of benzene rings is 4. The van der Waals surface area contributed by atoms with Gasteiger partial charge in [0.2, 0.25) is 5.88 Å². The molecule has 0 saturated carbocycles. The zero-order chi connectivity index (χ0) is 26.3. The van der Waals surface area contributed by atoms with Crippen molar-refractivity contribution in [3.63, 3.8) is 0 Å². The summed E-state index contributed by atoms with van der Waals surface area (Å²) in [6, 6.07) is 22.4. The number of phenols is 1. The molecule has 184 valence electrons. The van der Waals surface area contributed by atoms with Crippen molar-refractivity contribution in [2.75, 3.05) is 0 Å². The van der Waals surface area contributed by atoms with Crippen LogP contribution < -0.4 is 0 Å². The number of fused-ring (bicyclic) bond motifs is 1. The largest absolute Gasteiger partial charge is 0.505 e. The molecule has 0 aliphatic carbocycles. The van der Waals surface area contributed by atoms with E-state index in [4.69, 9.17) is 11.6 Å². The standard InChI is InChI=1S/C29H22ClN3O4/c1-16-11-17(2)13-21(12-16)33-25-15-20(30)9-10-23(25)26(28(33)35)32-31-24-8-4-7-22(27(24)34)18-5-3-6-19(14-18)29(36)37/h3-15,34-35H,1-2H3,(H,36,37). The Labute approximate surface area is 217 Å². The number of rotatable bonds is 5. The van der Waals surface area contributed by atoms with Gasteiger partial charge < -0.3 is 15.3 Å². The molecule has 4 aromatic carbocycles. The minimum absolute atomic E-state index is 0.103. The van der Waals surface area contributed by atoms with Gasteiger partial charge in [-0.1, -0.05) is 41.9 Å². The zero-order valence-electron chi connectivity index (χ0n) is 20.0. The van der Waals surface area contributed by atoms with Gasteiger partial charge in [0.05, 0.1) is 11.1 Å². The van der Waals surface area contributed by atoms with E-state index < -0.39 is 5.97 Å². The molecule has 1 aromatic heterocycles. The number of aromatic carboxylic acids is 1. The Morgan fingerprint density at radius 3 is 2.32 bits per heavy atom. The van der Waals surface area contributed by atoms with Crippen LogP contribution in [0.25, 0.3) is 27.7 Å². The Bertz CT molecular complexity index is 1700. The van der Waals surface area contributed by atoms with Gasteiger partial charge in [-0.25, -0.2) is 4.79 Å². The van der Waals surface area contributed by atoms with E-state index in [1.807, 2.05) is 32.0 Å². The quantitative estimate of drug-likeness (QED) is 0.207. The molecule has 0 amide bonds. The van der Waals surface area contributed by atoms with Crippen LogP contribution in [0.15, 0.2) is 89.1 Å². The van der Waals surface area contributed by atoms with Gasteiger partial charge in [0.25, 0.3) is 0 Å². The Hall–Kier alpha value is -4.62. The molecular weight excluding hydrogens is 490 g/mol. The van der Waals surface area contributed by atoms with Crippen LogP contribution >= 0.6 is 11.6 Å². The molecule has 7 nitrogen and oxygen atoms in total. The van der Waals surface area contributed by atoms with Gasteiger partial charge >= 0.3 is 5.97 Å². The number of hydrogen-bond donors (Lipinski definition) is 3. The molecule has 3 N–H and O–H groups in total. The minimum Gasteiger partial charge on any atom is -0.505 e. The zero-order valence-corrected chi connectivity index (χ0v) is 20.7. The van der Waals surface area contributed by atoms with Crippen molar-refractivity contribution >= 4 is 39.8 Å². The van der Waals surface area contributed by atoms with Crippen molar-refractivity contribution < 1.29 is 20.1 Å². The molecule has 0 unspecified atom stereocenters. The Morgan fingerprint density at radius 1 is 0.865 bits per heavy atom. The molecule has 0 bridgehead atoms. The first-order valence-electron chi connectivity index (χ1n) is 11.4. The minimum atomic E-state index is -1.06. The topological polar surface area (TPSA) is 107 Å². The van der Waals surface area contributed by atoms with E-state index in [2.05, 4.69) is 10.2 Å². The first kappa shape index (κ1) is 24.1. The molecule has 1 heterocycles. The predicted octanol–water partition coefficient (Wildman–Crippen LogP) is 8.09. The highest BCUT2D eigenvalue weighted by atomic mass is 35.5. The lowest BCUT2D eigenvalue weighted by atomic mass is 10.0. The van der Waals surface area contributed by atoms with Crippen molar-refractivity contribution in [2.24, 2.45) is 10.2 Å². The van der Waals surface area contributed by atoms with Crippen LogP contribution in [0.5, 0.6) is 11.6 Å². The van der Waals surface area contributed by atoms with E-state index in [9.17, 15) is 20.1 Å². The highest BCUT2D eigenvalue weighted by molar-refractivity contribution is 6.31. The molecule has 0 saturated heterocycles. The van der Waals surface area contributed by atoms with Crippen LogP contribution in [0, 0.1) is 13.8 Å². The predicted molar refractivity (Wildman–Crippen MR) is 144 cm³/mol. The number of para-hydroxylation sites is 1. The number of phenolic OH excluding ortho intramolecular Hbond substituents is 1. The summed E-state index contributed by atoms with van der Waals surface area (Å²) >= 11 is 6.28. The number of carbonyl (C=O) groups is 1. The molecule has 8 heteroatoms. The number of nitrogens with zero attached hydrogens (tertiary/aromatic N) is 3. The van der Waals surface area contributed by atoms with Crippen molar-refractivity contribution in [3.8, 4) is 28.4 Å². The number of azo groups is 1. The summed E-state index contributed by atoms with van der Waals surface area (Å²) < 4.78 is 1.67. The maximum atomic E-state index is 11.4. The molecule has 0 fully saturated rings. The van der Waals surface area contributed by atoms with Crippen LogP contribution in [0.3, 0.4) is 0 Å². The van der Waals surface area contributed by atoms with Crippen molar-refractivity contribution in [1.29, 1.82) is 0 Å². The lowest BCUT2D eigenvalue weighted by Gasteiger charge is -2.09. The fourth-order valence-electron chi connectivity index (χ4n) is 4.44. The van der Waals surface area contributed by atoms with E-state index in [0.29, 0.717) is 27.1 Å². The third kappa shape index (κ3) is 4.52. The second kappa shape index (κ2) is 9.44. The number of aromatic nitrogens is 1. The number of carboxylic acids is 1.